The third-order valence-electron chi connectivity index (χ3n) is 8.45. The van der Waals surface area contributed by atoms with Crippen LogP contribution < -0.4 is 0 Å². The van der Waals surface area contributed by atoms with Gasteiger partial charge in [-0.1, -0.05) is 101 Å². The van der Waals surface area contributed by atoms with Gasteiger partial charge < -0.3 is 0 Å². The van der Waals surface area contributed by atoms with E-state index in [9.17, 15) is 13.2 Å². The zero-order valence-electron chi connectivity index (χ0n) is 23.3. The summed E-state index contributed by atoms with van der Waals surface area (Å²) in [5.74, 6) is -8.85. The monoisotopic (exact) mass is 580 g/mol. The summed E-state index contributed by atoms with van der Waals surface area (Å²) in [4.78, 5) is 0. The molecule has 0 amide bonds. The molecule has 0 aliphatic heterocycles. The predicted molar refractivity (Wildman–Crippen MR) is 146 cm³/mol. The molecular weight excluding hydrogens is 545 g/mol. The van der Waals surface area contributed by atoms with E-state index >= 15 is 17.6 Å². The van der Waals surface area contributed by atoms with Gasteiger partial charge in [0.1, 0.15) is 0 Å². The fourth-order valence-corrected chi connectivity index (χ4v) is 6.61. The van der Waals surface area contributed by atoms with Crippen molar-refractivity contribution in [2.24, 2.45) is 5.92 Å². The summed E-state index contributed by atoms with van der Waals surface area (Å²) < 4.78 is 109. The van der Waals surface area contributed by atoms with E-state index in [4.69, 9.17) is 4.74 Å². The van der Waals surface area contributed by atoms with E-state index < -0.39 is 58.2 Å². The van der Waals surface area contributed by atoms with Crippen LogP contribution in [0.5, 0.6) is 0 Å². The Bertz CT molecular complexity index is 1270. The fourth-order valence-electron chi connectivity index (χ4n) is 6.61. The molecule has 1 nitrogen and oxygen atoms in total. The Morgan fingerprint density at radius 3 is 1.93 bits per heavy atom. The molecule has 3 unspecified atom stereocenters. The van der Waals surface area contributed by atoms with Crippen LogP contribution in [-0.4, -0.2) is 12.0 Å². The minimum Gasteiger partial charge on any atom is -0.284 e. The molecular formula is C33H35F7O. The van der Waals surface area contributed by atoms with Crippen LogP contribution in [0.3, 0.4) is 0 Å². The van der Waals surface area contributed by atoms with Gasteiger partial charge in [0.2, 0.25) is 0 Å². The van der Waals surface area contributed by atoms with Crippen LogP contribution in [0.25, 0.3) is 22.3 Å². The van der Waals surface area contributed by atoms with Crippen molar-refractivity contribution < 1.29 is 35.5 Å². The first kappa shape index (κ1) is 31.1. The summed E-state index contributed by atoms with van der Waals surface area (Å²) in [7, 11) is 0. The minimum absolute atomic E-state index is 0.0894. The first-order chi connectivity index (χ1) is 19.5. The van der Waals surface area contributed by atoms with Crippen LogP contribution in [0, 0.1) is 29.2 Å². The Balaban J connectivity index is 1.82. The molecule has 3 aromatic carbocycles. The van der Waals surface area contributed by atoms with Gasteiger partial charge in [-0.3, -0.25) is 4.74 Å². The van der Waals surface area contributed by atoms with Gasteiger partial charge in [-0.05, 0) is 48.3 Å². The van der Waals surface area contributed by atoms with E-state index in [1.54, 1.807) is 12.1 Å². The standard InChI is InChI=1S/C33H35F7O/c1-3-5-7-14-24-15-10-11-20-32(24,41-33(38,39)40)25(4-2)27-30(36)28(34)26(29(35)31(27)37)23-18-16-22(17-19-23)21-12-8-6-9-13-21/h6,8-9,12-13,16-19,24-25H,3-5,7,10-11,14-15,20H2,1-2H3. The summed E-state index contributed by atoms with van der Waals surface area (Å²) in [6.07, 6.45) is -1.46. The molecule has 41 heavy (non-hydrogen) atoms. The molecule has 1 aliphatic rings. The van der Waals surface area contributed by atoms with Crippen molar-refractivity contribution in [2.45, 2.75) is 89.5 Å². The highest BCUT2D eigenvalue weighted by Crippen LogP contribution is 2.53. The molecule has 1 fully saturated rings. The highest BCUT2D eigenvalue weighted by Gasteiger charge is 2.55. The van der Waals surface area contributed by atoms with E-state index in [-0.39, 0.29) is 18.4 Å². The number of hydrogen-bond acceptors (Lipinski definition) is 1. The summed E-state index contributed by atoms with van der Waals surface area (Å²) in [6, 6.07) is 15.1. The number of halogens is 7. The van der Waals surface area contributed by atoms with Crippen molar-refractivity contribution in [3.8, 4) is 22.3 Å². The van der Waals surface area contributed by atoms with Gasteiger partial charge in [0.05, 0.1) is 11.2 Å². The first-order valence-corrected chi connectivity index (χ1v) is 14.3. The smallest absolute Gasteiger partial charge is 0.284 e. The summed E-state index contributed by atoms with van der Waals surface area (Å²) >= 11 is 0. The lowest BCUT2D eigenvalue weighted by molar-refractivity contribution is -0.384. The van der Waals surface area contributed by atoms with E-state index in [2.05, 4.69) is 0 Å². The quantitative estimate of drug-likeness (QED) is 0.132. The van der Waals surface area contributed by atoms with Gasteiger partial charge in [-0.2, -0.15) is 0 Å². The van der Waals surface area contributed by atoms with Crippen molar-refractivity contribution in [1.82, 2.24) is 0 Å². The number of benzene rings is 3. The molecule has 0 bridgehead atoms. The Morgan fingerprint density at radius 1 is 0.780 bits per heavy atom. The number of ether oxygens (including phenoxy) is 1. The van der Waals surface area contributed by atoms with Crippen molar-refractivity contribution >= 4 is 0 Å². The van der Waals surface area contributed by atoms with Crippen LogP contribution in [0.2, 0.25) is 0 Å². The van der Waals surface area contributed by atoms with Gasteiger partial charge in [0, 0.05) is 11.5 Å². The SMILES string of the molecule is CCCCCC1CCCCC1(OC(F)(F)F)C(CC)c1c(F)c(F)c(-c2ccc(-c3ccccc3)cc2)c(F)c1F. The summed E-state index contributed by atoms with van der Waals surface area (Å²) in [5.41, 5.74) is -2.47. The van der Waals surface area contributed by atoms with Crippen LogP contribution in [0.4, 0.5) is 30.7 Å². The summed E-state index contributed by atoms with van der Waals surface area (Å²) in [5, 5.41) is 0. The lowest BCUT2D eigenvalue weighted by Gasteiger charge is -2.49. The van der Waals surface area contributed by atoms with Crippen LogP contribution >= 0.6 is 0 Å². The number of unbranched alkanes of at least 4 members (excludes halogenated alkanes) is 2. The van der Waals surface area contributed by atoms with Crippen molar-refractivity contribution in [2.75, 3.05) is 0 Å². The average Bonchev–Trinajstić information content (AvgIpc) is 2.95. The molecule has 8 heteroatoms. The largest absolute Gasteiger partial charge is 0.523 e. The zero-order valence-corrected chi connectivity index (χ0v) is 23.3. The highest BCUT2D eigenvalue weighted by molar-refractivity contribution is 5.71. The third kappa shape index (κ3) is 6.47. The number of alkyl halides is 3. The van der Waals surface area contributed by atoms with E-state index in [1.165, 1.54) is 19.1 Å². The molecule has 0 aromatic heterocycles. The second-order valence-corrected chi connectivity index (χ2v) is 10.9. The van der Waals surface area contributed by atoms with Crippen molar-refractivity contribution in [3.05, 3.63) is 83.4 Å². The fraction of sp³-hybridized carbons (Fsp3) is 0.455. The Kier molecular flexibility index (Phi) is 9.83. The molecule has 0 radical (unpaired) electrons. The molecule has 0 heterocycles. The lowest BCUT2D eigenvalue weighted by Crippen LogP contribution is -2.52. The molecule has 1 saturated carbocycles. The summed E-state index contributed by atoms with van der Waals surface area (Å²) in [6.45, 7) is 3.43. The maximum absolute atomic E-state index is 15.8. The number of hydrogen-bond donors (Lipinski definition) is 0. The van der Waals surface area contributed by atoms with Gasteiger partial charge in [0.25, 0.3) is 0 Å². The average molecular weight is 581 g/mol. The van der Waals surface area contributed by atoms with Gasteiger partial charge in [0.15, 0.2) is 23.3 Å². The van der Waals surface area contributed by atoms with Crippen molar-refractivity contribution in [1.29, 1.82) is 0 Å². The van der Waals surface area contributed by atoms with Crippen LogP contribution in [0.15, 0.2) is 54.6 Å². The zero-order chi connectivity index (χ0) is 29.8. The predicted octanol–water partition coefficient (Wildman–Crippen LogP) is 11.1. The lowest BCUT2D eigenvalue weighted by atomic mass is 9.63. The van der Waals surface area contributed by atoms with E-state index in [0.717, 1.165) is 24.0 Å². The minimum atomic E-state index is -5.10. The molecule has 0 saturated heterocycles. The van der Waals surface area contributed by atoms with Gasteiger partial charge in [-0.25, -0.2) is 17.6 Å². The Labute approximate surface area is 236 Å². The first-order valence-electron chi connectivity index (χ1n) is 14.3. The molecule has 0 N–H and O–H groups in total. The highest BCUT2D eigenvalue weighted by atomic mass is 19.4. The number of rotatable bonds is 10. The molecule has 0 spiro atoms. The van der Waals surface area contributed by atoms with E-state index in [1.807, 2.05) is 37.3 Å². The van der Waals surface area contributed by atoms with Crippen LogP contribution in [-0.2, 0) is 4.74 Å². The molecule has 3 atom stereocenters. The van der Waals surface area contributed by atoms with E-state index in [0.29, 0.717) is 32.1 Å². The molecule has 3 aromatic rings. The maximum atomic E-state index is 15.8. The Morgan fingerprint density at radius 2 is 1.37 bits per heavy atom. The maximum Gasteiger partial charge on any atom is 0.523 e. The Hall–Kier alpha value is -2.87. The van der Waals surface area contributed by atoms with Gasteiger partial charge >= 0.3 is 6.36 Å². The van der Waals surface area contributed by atoms with Gasteiger partial charge in [-0.15, -0.1) is 13.2 Å². The third-order valence-corrected chi connectivity index (χ3v) is 8.45. The molecule has 222 valence electrons. The van der Waals surface area contributed by atoms with Crippen LogP contribution in [0.1, 0.15) is 83.1 Å². The molecule has 4 rings (SSSR count). The second kappa shape index (κ2) is 13.0. The normalized spacial score (nSPS) is 20.3. The molecule has 1 aliphatic carbocycles. The van der Waals surface area contributed by atoms with Crippen molar-refractivity contribution in [3.63, 3.8) is 0 Å². The second-order valence-electron chi connectivity index (χ2n) is 10.9. The topological polar surface area (TPSA) is 9.23 Å².